The van der Waals surface area contributed by atoms with E-state index in [-0.39, 0.29) is 38.8 Å². The van der Waals surface area contributed by atoms with Crippen LogP contribution in [-0.2, 0) is 29.8 Å². The quantitative estimate of drug-likeness (QED) is 0.482. The normalized spacial score (nSPS) is 13.1. The molecule has 23 heavy (non-hydrogen) atoms. The Bertz CT molecular complexity index is 504. The van der Waals surface area contributed by atoms with Gasteiger partial charge in [-0.25, -0.2) is 8.42 Å². The van der Waals surface area contributed by atoms with E-state index in [2.05, 4.69) is 0 Å². The largest absolute Gasteiger partial charge is 0.394 e. The van der Waals surface area contributed by atoms with Crippen molar-refractivity contribution in [2.24, 2.45) is 0 Å². The summed E-state index contributed by atoms with van der Waals surface area (Å²) in [6, 6.07) is 8.67. The van der Waals surface area contributed by atoms with Crippen molar-refractivity contribution in [3.8, 4) is 0 Å². The van der Waals surface area contributed by atoms with E-state index >= 15 is 0 Å². The van der Waals surface area contributed by atoms with Crippen LogP contribution in [0.1, 0.15) is 5.56 Å². The van der Waals surface area contributed by atoms with Crippen LogP contribution in [0.4, 0.5) is 0 Å². The SMILES string of the molecule is O=S(=O)(Cc1ccccc1)C(O)COCCOCCOCCO. The maximum atomic E-state index is 12.0. The Hall–Kier alpha value is -1.03. The van der Waals surface area contributed by atoms with E-state index in [1.54, 1.807) is 30.3 Å². The lowest BCUT2D eigenvalue weighted by molar-refractivity contribution is -0.00169. The van der Waals surface area contributed by atoms with Gasteiger partial charge in [0.15, 0.2) is 15.3 Å². The molecule has 0 aliphatic rings. The molecule has 2 N–H and O–H groups in total. The summed E-state index contributed by atoms with van der Waals surface area (Å²) in [6.45, 7) is 1.13. The van der Waals surface area contributed by atoms with Crippen molar-refractivity contribution >= 4 is 9.84 Å². The van der Waals surface area contributed by atoms with Crippen LogP contribution in [-0.4, -0.2) is 70.3 Å². The summed E-state index contributed by atoms with van der Waals surface area (Å²) in [5.41, 5.74) is -0.937. The number of ether oxygens (including phenoxy) is 3. The molecule has 0 bridgehead atoms. The van der Waals surface area contributed by atoms with Gasteiger partial charge in [0.1, 0.15) is 0 Å². The Kier molecular flexibility index (Phi) is 10.0. The molecule has 0 saturated heterocycles. The van der Waals surface area contributed by atoms with E-state index < -0.39 is 15.3 Å². The van der Waals surface area contributed by atoms with Crippen molar-refractivity contribution in [3.63, 3.8) is 0 Å². The van der Waals surface area contributed by atoms with Gasteiger partial charge in [0.25, 0.3) is 0 Å². The highest BCUT2D eigenvalue weighted by molar-refractivity contribution is 7.91. The summed E-state index contributed by atoms with van der Waals surface area (Å²) in [6.07, 6.45) is 0. The zero-order chi connectivity index (χ0) is 17.0. The standard InChI is InChI=1S/C15H24O7S/c16-6-7-20-8-9-21-10-11-22-12-15(17)23(18,19)13-14-4-2-1-3-5-14/h1-5,15-17H,6-13H2. The third-order valence-electron chi connectivity index (χ3n) is 2.87. The topological polar surface area (TPSA) is 102 Å². The van der Waals surface area contributed by atoms with Crippen molar-refractivity contribution in [1.82, 2.24) is 0 Å². The molecule has 1 unspecified atom stereocenters. The van der Waals surface area contributed by atoms with E-state index in [4.69, 9.17) is 19.3 Å². The van der Waals surface area contributed by atoms with E-state index in [9.17, 15) is 13.5 Å². The summed E-state index contributed by atoms with van der Waals surface area (Å²) in [7, 11) is -3.67. The molecule has 8 heteroatoms. The minimum Gasteiger partial charge on any atom is -0.394 e. The average Bonchev–Trinajstić information content (AvgIpc) is 2.53. The molecule has 0 amide bonds. The number of aliphatic hydroxyl groups is 2. The summed E-state index contributed by atoms with van der Waals surface area (Å²) in [5.74, 6) is -0.225. The van der Waals surface area contributed by atoms with Crippen LogP contribution in [0.25, 0.3) is 0 Å². The lowest BCUT2D eigenvalue weighted by Gasteiger charge is -2.13. The Labute approximate surface area is 136 Å². The van der Waals surface area contributed by atoms with Gasteiger partial charge in [0, 0.05) is 0 Å². The monoisotopic (exact) mass is 348 g/mol. The second kappa shape index (κ2) is 11.5. The molecule has 0 radical (unpaired) electrons. The average molecular weight is 348 g/mol. The first-order valence-corrected chi connectivity index (χ1v) is 9.05. The molecule has 1 aromatic rings. The molecule has 0 aliphatic carbocycles. The van der Waals surface area contributed by atoms with Gasteiger partial charge in [0.2, 0.25) is 0 Å². The molecule has 0 saturated carbocycles. The van der Waals surface area contributed by atoms with E-state index in [1.807, 2.05) is 0 Å². The van der Waals surface area contributed by atoms with Gasteiger partial charge in [-0.3, -0.25) is 0 Å². The maximum Gasteiger partial charge on any atom is 0.183 e. The van der Waals surface area contributed by atoms with Gasteiger partial charge < -0.3 is 24.4 Å². The van der Waals surface area contributed by atoms with Gasteiger partial charge >= 0.3 is 0 Å². The third kappa shape index (κ3) is 8.99. The first kappa shape index (κ1) is 20.0. The molecule has 1 aromatic carbocycles. The highest BCUT2D eigenvalue weighted by atomic mass is 32.2. The van der Waals surface area contributed by atoms with Crippen LogP contribution in [0.15, 0.2) is 30.3 Å². The van der Waals surface area contributed by atoms with Gasteiger partial charge in [-0.05, 0) is 5.56 Å². The summed E-state index contributed by atoms with van der Waals surface area (Å²) in [4.78, 5) is 0. The molecule has 0 fully saturated rings. The molecule has 0 heterocycles. The second-order valence-corrected chi connectivity index (χ2v) is 6.93. The highest BCUT2D eigenvalue weighted by Gasteiger charge is 2.23. The van der Waals surface area contributed by atoms with Crippen LogP contribution >= 0.6 is 0 Å². The van der Waals surface area contributed by atoms with Gasteiger partial charge in [-0.2, -0.15) is 0 Å². The molecule has 132 valence electrons. The lowest BCUT2D eigenvalue weighted by atomic mass is 10.2. The highest BCUT2D eigenvalue weighted by Crippen LogP contribution is 2.10. The molecule has 7 nitrogen and oxygen atoms in total. The second-order valence-electron chi connectivity index (χ2n) is 4.77. The fraction of sp³-hybridized carbons (Fsp3) is 0.600. The lowest BCUT2D eigenvalue weighted by Crippen LogP contribution is -2.28. The summed E-state index contributed by atoms with van der Waals surface area (Å²) >= 11 is 0. The Morgan fingerprint density at radius 2 is 1.48 bits per heavy atom. The fourth-order valence-electron chi connectivity index (χ4n) is 1.69. The van der Waals surface area contributed by atoms with Crippen molar-refractivity contribution in [1.29, 1.82) is 0 Å². The maximum absolute atomic E-state index is 12.0. The first-order chi connectivity index (χ1) is 11.1. The molecule has 0 aliphatic heterocycles. The smallest absolute Gasteiger partial charge is 0.183 e. The Morgan fingerprint density at radius 1 is 0.913 bits per heavy atom. The van der Waals surface area contributed by atoms with Crippen molar-refractivity contribution < 1.29 is 32.8 Å². The Morgan fingerprint density at radius 3 is 2.09 bits per heavy atom. The zero-order valence-electron chi connectivity index (χ0n) is 13.0. The zero-order valence-corrected chi connectivity index (χ0v) is 13.8. The minimum absolute atomic E-state index is 0.0293. The molecule has 0 aromatic heterocycles. The van der Waals surface area contributed by atoms with E-state index in [0.717, 1.165) is 0 Å². The van der Waals surface area contributed by atoms with Crippen molar-refractivity contribution in [2.75, 3.05) is 46.2 Å². The summed E-state index contributed by atoms with van der Waals surface area (Å²) < 4.78 is 39.2. The molecular formula is C15H24O7S. The summed E-state index contributed by atoms with van der Waals surface area (Å²) in [5, 5.41) is 18.2. The minimum atomic E-state index is -3.67. The van der Waals surface area contributed by atoms with Crippen LogP contribution in [0, 0.1) is 0 Å². The molecule has 1 atom stereocenters. The predicted octanol–water partition coefficient (Wildman–Crippen LogP) is -0.0381. The molecular weight excluding hydrogens is 324 g/mol. The molecule has 1 rings (SSSR count). The number of hydrogen-bond acceptors (Lipinski definition) is 7. The van der Waals surface area contributed by atoms with Gasteiger partial charge in [0.05, 0.1) is 52.0 Å². The number of aliphatic hydroxyl groups excluding tert-OH is 2. The van der Waals surface area contributed by atoms with E-state index in [1.165, 1.54) is 0 Å². The van der Waals surface area contributed by atoms with Crippen LogP contribution in [0.3, 0.4) is 0 Å². The number of rotatable bonds is 13. The predicted molar refractivity (Wildman–Crippen MR) is 84.6 cm³/mol. The number of sulfone groups is 1. The third-order valence-corrected chi connectivity index (χ3v) is 4.57. The van der Waals surface area contributed by atoms with Gasteiger partial charge in [-0.15, -0.1) is 0 Å². The molecule has 0 spiro atoms. The van der Waals surface area contributed by atoms with Crippen LogP contribution in [0.2, 0.25) is 0 Å². The number of hydrogen-bond donors (Lipinski definition) is 2. The van der Waals surface area contributed by atoms with E-state index in [0.29, 0.717) is 18.8 Å². The van der Waals surface area contributed by atoms with Gasteiger partial charge in [-0.1, -0.05) is 30.3 Å². The van der Waals surface area contributed by atoms with Crippen LogP contribution < -0.4 is 0 Å². The van der Waals surface area contributed by atoms with Crippen molar-refractivity contribution in [3.05, 3.63) is 35.9 Å². The fourth-order valence-corrected chi connectivity index (χ4v) is 2.85. The Balaban J connectivity index is 2.14. The van der Waals surface area contributed by atoms with Crippen molar-refractivity contribution in [2.45, 2.75) is 11.2 Å². The van der Waals surface area contributed by atoms with Crippen LogP contribution in [0.5, 0.6) is 0 Å². The first-order valence-electron chi connectivity index (χ1n) is 7.34. The number of benzene rings is 1.